The summed E-state index contributed by atoms with van der Waals surface area (Å²) in [5.41, 5.74) is 2.46. The summed E-state index contributed by atoms with van der Waals surface area (Å²) in [7, 11) is 0. The maximum Gasteiger partial charge on any atom is 0.101 e. The second-order valence-corrected chi connectivity index (χ2v) is 6.37. The zero-order chi connectivity index (χ0) is 14.3. The lowest BCUT2D eigenvalue weighted by Gasteiger charge is -2.48. The Morgan fingerprint density at radius 3 is 2.81 bits per heavy atom. The molecule has 4 heteroatoms. The highest BCUT2D eigenvalue weighted by Crippen LogP contribution is 2.46. The van der Waals surface area contributed by atoms with E-state index >= 15 is 0 Å². The van der Waals surface area contributed by atoms with Crippen molar-refractivity contribution in [2.45, 2.75) is 43.8 Å². The fourth-order valence-corrected chi connectivity index (χ4v) is 3.61. The maximum absolute atomic E-state index is 10.7. The highest BCUT2D eigenvalue weighted by Gasteiger charge is 2.44. The van der Waals surface area contributed by atoms with Crippen molar-refractivity contribution in [2.75, 3.05) is 6.61 Å². The smallest absolute Gasteiger partial charge is 0.101 e. The van der Waals surface area contributed by atoms with Crippen molar-refractivity contribution in [1.29, 1.82) is 0 Å². The van der Waals surface area contributed by atoms with Crippen molar-refractivity contribution >= 4 is 11.0 Å². The lowest BCUT2D eigenvalue weighted by atomic mass is 9.70. The normalized spacial score (nSPS) is 25.7. The van der Waals surface area contributed by atoms with Gasteiger partial charge in [0.1, 0.15) is 6.10 Å². The van der Waals surface area contributed by atoms with Gasteiger partial charge in [0.05, 0.1) is 28.5 Å². The third-order valence-corrected chi connectivity index (χ3v) is 5.01. The molecule has 0 amide bonds. The van der Waals surface area contributed by atoms with E-state index in [4.69, 9.17) is 4.74 Å². The second-order valence-electron chi connectivity index (χ2n) is 6.37. The van der Waals surface area contributed by atoms with Gasteiger partial charge in [0, 0.05) is 6.61 Å². The molecule has 2 fully saturated rings. The lowest BCUT2D eigenvalue weighted by molar-refractivity contribution is -0.157. The zero-order valence-electron chi connectivity index (χ0n) is 12.0. The van der Waals surface area contributed by atoms with Crippen molar-refractivity contribution < 1.29 is 9.84 Å². The molecular weight excluding hydrogens is 264 g/mol. The van der Waals surface area contributed by atoms with Crippen molar-refractivity contribution in [3.8, 4) is 0 Å². The molecule has 2 heterocycles. The number of benzene rings is 1. The van der Waals surface area contributed by atoms with E-state index in [0.29, 0.717) is 5.69 Å². The van der Waals surface area contributed by atoms with Gasteiger partial charge in [-0.3, -0.25) is 4.98 Å². The molecule has 1 spiro atoms. The first-order valence-corrected chi connectivity index (χ1v) is 7.80. The first kappa shape index (κ1) is 13.2. The van der Waals surface area contributed by atoms with Crippen molar-refractivity contribution in [3.05, 3.63) is 36.2 Å². The summed E-state index contributed by atoms with van der Waals surface area (Å²) in [4.78, 5) is 9.00. The molecule has 1 aliphatic carbocycles. The van der Waals surface area contributed by atoms with Gasteiger partial charge < -0.3 is 9.84 Å². The summed E-state index contributed by atoms with van der Waals surface area (Å²) in [5.74, 6) is 0.231. The SMILES string of the molecule is OC(c1cnc2ccccc2n1)C1CCOC2(CCC2)C1. The fourth-order valence-electron chi connectivity index (χ4n) is 3.61. The van der Waals surface area contributed by atoms with Crippen LogP contribution in [-0.2, 0) is 4.74 Å². The van der Waals surface area contributed by atoms with Crippen molar-refractivity contribution in [3.63, 3.8) is 0 Å². The van der Waals surface area contributed by atoms with Crippen molar-refractivity contribution in [1.82, 2.24) is 9.97 Å². The van der Waals surface area contributed by atoms with E-state index in [9.17, 15) is 5.11 Å². The number of hydrogen-bond donors (Lipinski definition) is 1. The van der Waals surface area contributed by atoms with E-state index in [2.05, 4.69) is 9.97 Å². The quantitative estimate of drug-likeness (QED) is 0.921. The Labute approximate surface area is 124 Å². The summed E-state index contributed by atoms with van der Waals surface area (Å²) in [5, 5.41) is 10.7. The monoisotopic (exact) mass is 284 g/mol. The molecule has 1 aromatic heterocycles. The molecular formula is C17H20N2O2. The minimum absolute atomic E-state index is 0.0498. The molecule has 2 aromatic rings. The van der Waals surface area contributed by atoms with Gasteiger partial charge in [-0.05, 0) is 50.2 Å². The maximum atomic E-state index is 10.7. The minimum Gasteiger partial charge on any atom is -0.386 e. The van der Waals surface area contributed by atoms with Crippen LogP contribution in [0.2, 0.25) is 0 Å². The van der Waals surface area contributed by atoms with E-state index in [1.807, 2.05) is 24.3 Å². The summed E-state index contributed by atoms with van der Waals surface area (Å²) in [6.07, 6.45) is 6.55. The van der Waals surface area contributed by atoms with Crippen LogP contribution in [0.3, 0.4) is 0 Å². The fraction of sp³-hybridized carbons (Fsp3) is 0.529. The Morgan fingerprint density at radius 2 is 2.05 bits per heavy atom. The summed E-state index contributed by atoms with van der Waals surface area (Å²) in [6, 6.07) is 7.78. The van der Waals surface area contributed by atoms with Crippen molar-refractivity contribution in [2.24, 2.45) is 5.92 Å². The number of aliphatic hydroxyl groups excluding tert-OH is 1. The van der Waals surface area contributed by atoms with E-state index in [-0.39, 0.29) is 11.5 Å². The Bertz CT molecular complexity index is 654. The van der Waals surface area contributed by atoms with E-state index < -0.39 is 6.10 Å². The third kappa shape index (κ3) is 2.32. The number of nitrogens with zero attached hydrogens (tertiary/aromatic N) is 2. The number of fused-ring (bicyclic) bond motifs is 1. The molecule has 110 valence electrons. The Balaban J connectivity index is 1.58. The highest BCUT2D eigenvalue weighted by molar-refractivity contribution is 5.73. The molecule has 4 rings (SSSR count). The predicted molar refractivity (Wildman–Crippen MR) is 79.8 cm³/mol. The first-order chi connectivity index (χ1) is 10.3. The van der Waals surface area contributed by atoms with Crippen LogP contribution >= 0.6 is 0 Å². The lowest BCUT2D eigenvalue weighted by Crippen LogP contribution is -2.46. The molecule has 0 radical (unpaired) electrons. The Morgan fingerprint density at radius 1 is 1.24 bits per heavy atom. The topological polar surface area (TPSA) is 55.2 Å². The van der Waals surface area contributed by atoms with Crippen LogP contribution in [0.4, 0.5) is 0 Å². The van der Waals surface area contributed by atoms with Crippen LogP contribution < -0.4 is 0 Å². The largest absolute Gasteiger partial charge is 0.386 e. The molecule has 1 aromatic carbocycles. The summed E-state index contributed by atoms with van der Waals surface area (Å²) < 4.78 is 5.94. The number of para-hydroxylation sites is 2. The van der Waals surface area contributed by atoms with Gasteiger partial charge in [-0.1, -0.05) is 12.1 Å². The minimum atomic E-state index is -0.538. The van der Waals surface area contributed by atoms with Crippen LogP contribution in [0.5, 0.6) is 0 Å². The molecule has 1 aliphatic heterocycles. The van der Waals surface area contributed by atoms with Crippen LogP contribution in [0.15, 0.2) is 30.5 Å². The van der Waals surface area contributed by atoms with E-state index in [1.165, 1.54) is 6.42 Å². The van der Waals surface area contributed by atoms with Gasteiger partial charge in [-0.15, -0.1) is 0 Å². The number of aliphatic hydroxyl groups is 1. The molecule has 21 heavy (non-hydrogen) atoms. The highest BCUT2D eigenvalue weighted by atomic mass is 16.5. The first-order valence-electron chi connectivity index (χ1n) is 7.80. The number of ether oxygens (including phenoxy) is 1. The van der Waals surface area contributed by atoms with Gasteiger partial charge in [-0.2, -0.15) is 0 Å². The second kappa shape index (κ2) is 5.04. The molecule has 2 atom stereocenters. The molecule has 1 N–H and O–H groups in total. The molecule has 1 saturated carbocycles. The van der Waals surface area contributed by atoms with Crippen LogP contribution in [0.25, 0.3) is 11.0 Å². The molecule has 2 unspecified atom stereocenters. The van der Waals surface area contributed by atoms with Crippen LogP contribution in [-0.4, -0.2) is 27.3 Å². The zero-order valence-corrected chi connectivity index (χ0v) is 12.0. The average molecular weight is 284 g/mol. The van der Waals surface area contributed by atoms with E-state index in [0.717, 1.165) is 43.3 Å². The van der Waals surface area contributed by atoms with Gasteiger partial charge in [-0.25, -0.2) is 4.98 Å². The number of aromatic nitrogens is 2. The predicted octanol–water partition coefficient (Wildman–Crippen LogP) is 3.01. The van der Waals surface area contributed by atoms with Gasteiger partial charge in [0.25, 0.3) is 0 Å². The Kier molecular flexibility index (Phi) is 3.16. The Hall–Kier alpha value is -1.52. The van der Waals surface area contributed by atoms with Crippen LogP contribution in [0, 0.1) is 5.92 Å². The third-order valence-electron chi connectivity index (χ3n) is 5.01. The van der Waals surface area contributed by atoms with Crippen LogP contribution in [0.1, 0.15) is 43.9 Å². The van der Waals surface area contributed by atoms with Gasteiger partial charge in [0.15, 0.2) is 0 Å². The van der Waals surface area contributed by atoms with E-state index in [1.54, 1.807) is 6.20 Å². The summed E-state index contributed by atoms with van der Waals surface area (Å²) >= 11 is 0. The van der Waals surface area contributed by atoms with Gasteiger partial charge in [0.2, 0.25) is 0 Å². The number of rotatable bonds is 2. The standard InChI is InChI=1S/C17H20N2O2/c20-16(12-6-9-21-17(10-12)7-3-8-17)15-11-18-13-4-1-2-5-14(13)19-15/h1-2,4-5,11-12,16,20H,3,6-10H2. The molecule has 4 nitrogen and oxygen atoms in total. The summed E-state index contributed by atoms with van der Waals surface area (Å²) in [6.45, 7) is 0.753. The number of hydrogen-bond acceptors (Lipinski definition) is 4. The van der Waals surface area contributed by atoms with Gasteiger partial charge >= 0.3 is 0 Å². The molecule has 0 bridgehead atoms. The molecule has 1 saturated heterocycles. The molecule has 2 aliphatic rings. The average Bonchev–Trinajstić information content (AvgIpc) is 2.52.